The van der Waals surface area contributed by atoms with E-state index in [2.05, 4.69) is 5.32 Å². The average molecular weight is 371 g/mol. The molecule has 2 aromatic carbocycles. The molecule has 0 spiro atoms. The molecule has 0 aliphatic heterocycles. The van der Waals surface area contributed by atoms with Crippen LogP contribution < -0.4 is 10.2 Å². The number of para-hydroxylation sites is 2. The quantitative estimate of drug-likeness (QED) is 0.518. The Hall–Kier alpha value is -3.42. The van der Waals surface area contributed by atoms with Crippen LogP contribution in [-0.2, 0) is 9.59 Å². The maximum atomic E-state index is 12.5. The van der Waals surface area contributed by atoms with Gasteiger partial charge in [-0.1, -0.05) is 42.5 Å². The highest BCUT2D eigenvalue weighted by molar-refractivity contribution is 5.82. The van der Waals surface area contributed by atoms with E-state index in [0.717, 1.165) is 5.56 Å². The third-order valence-corrected chi connectivity index (χ3v) is 4.05. The zero-order valence-electron chi connectivity index (χ0n) is 14.9. The summed E-state index contributed by atoms with van der Waals surface area (Å²) in [5.74, 6) is -1.29. The lowest BCUT2D eigenvalue weighted by Crippen LogP contribution is -2.37. The molecule has 1 atom stereocenters. The molecule has 2 N–H and O–H groups in total. The Morgan fingerprint density at radius 1 is 1.15 bits per heavy atom. The number of likely N-dealkylation sites (N-methyl/N-ethyl adjacent to an activating group) is 1. The minimum absolute atomic E-state index is 0.0835. The Kier molecular flexibility index (Phi) is 6.87. The fourth-order valence-corrected chi connectivity index (χ4v) is 2.76. The van der Waals surface area contributed by atoms with Gasteiger partial charge in [-0.05, 0) is 18.1 Å². The summed E-state index contributed by atoms with van der Waals surface area (Å²) in [5, 5.41) is 22.9. The monoisotopic (exact) mass is 371 g/mol. The Morgan fingerprint density at radius 2 is 1.78 bits per heavy atom. The van der Waals surface area contributed by atoms with E-state index >= 15 is 0 Å². The maximum Gasteiger partial charge on any atom is 0.303 e. The number of hydrogen-bond donors (Lipinski definition) is 2. The molecule has 8 heteroatoms. The van der Waals surface area contributed by atoms with Crippen LogP contribution in [0, 0.1) is 10.1 Å². The standard InChI is InChI=1S/C19H21N3O5/c1-21(16-9-5-6-10-17(16)22(26)27)13-18(23)20-15(11-12-19(24)25)14-7-3-2-4-8-14/h2-10,15H,11-13H2,1H3,(H,20,23)(H,24,25). The summed E-state index contributed by atoms with van der Waals surface area (Å²) in [7, 11) is 1.59. The van der Waals surface area contributed by atoms with Crippen molar-refractivity contribution >= 4 is 23.3 Å². The van der Waals surface area contributed by atoms with Crippen molar-refractivity contribution in [1.29, 1.82) is 0 Å². The molecule has 0 fully saturated rings. The molecular formula is C19H21N3O5. The number of rotatable bonds is 9. The number of nitrogens with zero attached hydrogens (tertiary/aromatic N) is 2. The van der Waals surface area contributed by atoms with E-state index < -0.39 is 16.9 Å². The predicted molar refractivity (Wildman–Crippen MR) is 101 cm³/mol. The maximum absolute atomic E-state index is 12.5. The van der Waals surface area contributed by atoms with Crippen LogP contribution in [0.2, 0.25) is 0 Å². The molecule has 0 saturated heterocycles. The van der Waals surface area contributed by atoms with Crippen LogP contribution in [0.5, 0.6) is 0 Å². The van der Waals surface area contributed by atoms with Crippen molar-refractivity contribution in [2.24, 2.45) is 0 Å². The Morgan fingerprint density at radius 3 is 2.41 bits per heavy atom. The van der Waals surface area contributed by atoms with Gasteiger partial charge >= 0.3 is 5.97 Å². The lowest BCUT2D eigenvalue weighted by Gasteiger charge is -2.22. The Labute approximate surface area is 156 Å². The summed E-state index contributed by atoms with van der Waals surface area (Å²) in [6.45, 7) is -0.0960. The fourth-order valence-electron chi connectivity index (χ4n) is 2.76. The third kappa shape index (κ3) is 5.81. The lowest BCUT2D eigenvalue weighted by molar-refractivity contribution is -0.384. The van der Waals surface area contributed by atoms with Gasteiger partial charge in [-0.3, -0.25) is 19.7 Å². The van der Waals surface area contributed by atoms with Crippen molar-refractivity contribution in [2.75, 3.05) is 18.5 Å². The number of hydrogen-bond acceptors (Lipinski definition) is 5. The van der Waals surface area contributed by atoms with Crippen LogP contribution in [0.25, 0.3) is 0 Å². The van der Waals surface area contributed by atoms with Crippen molar-refractivity contribution in [3.8, 4) is 0 Å². The Bertz CT molecular complexity index is 810. The zero-order valence-corrected chi connectivity index (χ0v) is 14.9. The summed E-state index contributed by atoms with van der Waals surface area (Å²) in [5.41, 5.74) is 1.05. The van der Waals surface area contributed by atoms with Crippen LogP contribution in [0.4, 0.5) is 11.4 Å². The van der Waals surface area contributed by atoms with Gasteiger partial charge < -0.3 is 15.3 Å². The molecule has 0 radical (unpaired) electrons. The fraction of sp³-hybridized carbons (Fsp3) is 0.263. The number of aliphatic carboxylic acids is 1. The summed E-state index contributed by atoms with van der Waals surface area (Å²) in [6.07, 6.45) is 0.167. The van der Waals surface area contributed by atoms with Crippen LogP contribution in [0.1, 0.15) is 24.4 Å². The molecular weight excluding hydrogens is 350 g/mol. The highest BCUT2D eigenvalue weighted by Gasteiger charge is 2.20. The highest BCUT2D eigenvalue weighted by atomic mass is 16.6. The summed E-state index contributed by atoms with van der Waals surface area (Å²) >= 11 is 0. The number of carbonyl (C=O) groups is 2. The SMILES string of the molecule is CN(CC(=O)NC(CCC(=O)O)c1ccccc1)c1ccccc1[N+](=O)[O-]. The van der Waals surface area contributed by atoms with Gasteiger partial charge in [-0.2, -0.15) is 0 Å². The van der Waals surface area contributed by atoms with E-state index in [1.165, 1.54) is 11.0 Å². The van der Waals surface area contributed by atoms with Gasteiger partial charge in [0.15, 0.2) is 0 Å². The molecule has 27 heavy (non-hydrogen) atoms. The minimum atomic E-state index is -0.942. The molecule has 142 valence electrons. The van der Waals surface area contributed by atoms with Crippen molar-refractivity contribution in [3.63, 3.8) is 0 Å². The van der Waals surface area contributed by atoms with Crippen molar-refractivity contribution in [2.45, 2.75) is 18.9 Å². The molecule has 2 aromatic rings. The first-order valence-electron chi connectivity index (χ1n) is 8.39. The van der Waals surface area contributed by atoms with Gasteiger partial charge in [0.2, 0.25) is 5.91 Å². The van der Waals surface area contributed by atoms with E-state index in [0.29, 0.717) is 5.69 Å². The first-order valence-corrected chi connectivity index (χ1v) is 8.39. The molecule has 0 heterocycles. The molecule has 1 unspecified atom stereocenters. The molecule has 1 amide bonds. The van der Waals surface area contributed by atoms with Gasteiger partial charge in [0, 0.05) is 19.5 Å². The van der Waals surface area contributed by atoms with E-state index in [4.69, 9.17) is 5.11 Å². The van der Waals surface area contributed by atoms with Crippen LogP contribution in [-0.4, -0.2) is 35.5 Å². The highest BCUT2D eigenvalue weighted by Crippen LogP contribution is 2.26. The number of nitrogens with one attached hydrogen (secondary N) is 1. The van der Waals surface area contributed by atoms with Crippen molar-refractivity contribution < 1.29 is 19.6 Å². The minimum Gasteiger partial charge on any atom is -0.481 e. The number of carboxylic acid groups (broad SMARTS) is 1. The van der Waals surface area contributed by atoms with Crippen molar-refractivity contribution in [1.82, 2.24) is 5.32 Å². The number of nitro groups is 1. The summed E-state index contributed by atoms with van der Waals surface area (Å²) < 4.78 is 0. The number of benzene rings is 2. The topological polar surface area (TPSA) is 113 Å². The van der Waals surface area contributed by atoms with E-state index in [-0.39, 0.29) is 31.0 Å². The predicted octanol–water partition coefficient (Wildman–Crippen LogP) is 2.75. The van der Waals surface area contributed by atoms with E-state index in [1.54, 1.807) is 25.2 Å². The average Bonchev–Trinajstić information content (AvgIpc) is 2.65. The number of nitro benzene ring substituents is 1. The normalized spacial score (nSPS) is 11.4. The summed E-state index contributed by atoms with van der Waals surface area (Å²) in [6, 6.07) is 14.8. The molecule has 2 rings (SSSR count). The molecule has 0 aromatic heterocycles. The van der Waals surface area contributed by atoms with E-state index in [1.807, 2.05) is 30.3 Å². The van der Waals surface area contributed by atoms with Gasteiger partial charge in [-0.25, -0.2) is 0 Å². The van der Waals surface area contributed by atoms with E-state index in [9.17, 15) is 19.7 Å². The number of carbonyl (C=O) groups excluding carboxylic acids is 1. The second kappa shape index (κ2) is 9.33. The third-order valence-electron chi connectivity index (χ3n) is 4.05. The van der Waals surface area contributed by atoms with Crippen molar-refractivity contribution in [3.05, 3.63) is 70.3 Å². The largest absolute Gasteiger partial charge is 0.481 e. The number of amides is 1. The first kappa shape index (κ1) is 19.9. The van der Waals surface area contributed by atoms with Crippen LogP contribution >= 0.6 is 0 Å². The second-order valence-electron chi connectivity index (χ2n) is 6.07. The summed E-state index contributed by atoms with van der Waals surface area (Å²) in [4.78, 5) is 35.5. The second-order valence-corrected chi connectivity index (χ2v) is 6.07. The van der Waals surface area contributed by atoms with Gasteiger partial charge in [0.05, 0.1) is 17.5 Å². The van der Waals surface area contributed by atoms with Gasteiger partial charge in [-0.15, -0.1) is 0 Å². The molecule has 0 saturated carbocycles. The first-order chi connectivity index (χ1) is 12.9. The molecule has 0 bridgehead atoms. The molecule has 0 aliphatic rings. The lowest BCUT2D eigenvalue weighted by atomic mass is 10.0. The van der Waals surface area contributed by atoms with Crippen LogP contribution in [0.3, 0.4) is 0 Å². The van der Waals surface area contributed by atoms with Crippen LogP contribution in [0.15, 0.2) is 54.6 Å². The van der Waals surface area contributed by atoms with Gasteiger partial charge in [0.1, 0.15) is 5.69 Å². The molecule has 0 aliphatic carbocycles. The van der Waals surface area contributed by atoms with Gasteiger partial charge in [0.25, 0.3) is 5.69 Å². The number of anilines is 1. The Balaban J connectivity index is 2.09. The number of carboxylic acids is 1. The molecule has 8 nitrogen and oxygen atoms in total. The zero-order chi connectivity index (χ0) is 19.8. The smallest absolute Gasteiger partial charge is 0.303 e.